The number of hydrogen-bond donors (Lipinski definition) is 0. The lowest BCUT2D eigenvalue weighted by molar-refractivity contribution is 0.127. The first-order valence-corrected chi connectivity index (χ1v) is 11.0. The summed E-state index contributed by atoms with van der Waals surface area (Å²) >= 11 is 0. The summed E-state index contributed by atoms with van der Waals surface area (Å²) in [6, 6.07) is 2.87. The van der Waals surface area contributed by atoms with Crippen molar-refractivity contribution >= 4 is 0 Å². The van der Waals surface area contributed by atoms with Gasteiger partial charge in [-0.1, -0.05) is 6.08 Å². The molecule has 0 radical (unpaired) electrons. The molecule has 2 saturated carbocycles. The highest BCUT2D eigenvalue weighted by Gasteiger charge is 2.31. The normalized spacial score (nSPS) is 28.2. The highest BCUT2D eigenvalue weighted by molar-refractivity contribution is 5.35. The van der Waals surface area contributed by atoms with Crippen LogP contribution in [0.3, 0.4) is 0 Å². The molecule has 0 heterocycles. The van der Waals surface area contributed by atoms with E-state index >= 15 is 0 Å². The van der Waals surface area contributed by atoms with E-state index in [1.54, 1.807) is 13.0 Å². The number of allylic oxidation sites excluding steroid dienone is 2. The molecular formula is C24H33F3O2. The maximum absolute atomic E-state index is 14.1. The molecule has 0 aliphatic heterocycles. The molecule has 5 heteroatoms. The summed E-state index contributed by atoms with van der Waals surface area (Å²) in [5.41, 5.74) is 0. The van der Waals surface area contributed by atoms with E-state index in [0.29, 0.717) is 18.4 Å². The lowest BCUT2D eigenvalue weighted by Gasteiger charge is -2.37. The fourth-order valence-electron chi connectivity index (χ4n) is 5.03. The fraction of sp³-hybridized carbons (Fsp3) is 0.667. The quantitative estimate of drug-likeness (QED) is 0.472. The minimum absolute atomic E-state index is 0.0393. The summed E-state index contributed by atoms with van der Waals surface area (Å²) < 4.78 is 51.9. The molecule has 2 aliphatic carbocycles. The molecule has 2 fully saturated rings. The van der Waals surface area contributed by atoms with E-state index in [2.05, 4.69) is 0 Å². The van der Waals surface area contributed by atoms with E-state index in [4.69, 9.17) is 9.47 Å². The van der Waals surface area contributed by atoms with Crippen LogP contribution in [0.2, 0.25) is 0 Å². The van der Waals surface area contributed by atoms with Gasteiger partial charge in [-0.05, 0) is 101 Å². The van der Waals surface area contributed by atoms with Gasteiger partial charge < -0.3 is 9.47 Å². The summed E-state index contributed by atoms with van der Waals surface area (Å²) in [6.07, 6.45) is 10.8. The standard InChI is InChI=1S/C24H33F3O2/c1-3-28-21-12-13-22(24(27)23(21)26)29-15-18-6-10-20(11-7-18)19-8-4-17(5-9-19)14-16(2)25/h12-14,17-20H,3-11,15H2,1-2H3. The van der Waals surface area contributed by atoms with Crippen LogP contribution in [0.4, 0.5) is 13.2 Å². The van der Waals surface area contributed by atoms with Gasteiger partial charge in [0.25, 0.3) is 0 Å². The Morgan fingerprint density at radius 2 is 1.41 bits per heavy atom. The van der Waals surface area contributed by atoms with Crippen LogP contribution < -0.4 is 9.47 Å². The molecule has 0 aromatic heterocycles. The third-order valence-electron chi connectivity index (χ3n) is 6.63. The monoisotopic (exact) mass is 410 g/mol. The van der Waals surface area contributed by atoms with Crippen molar-refractivity contribution < 1.29 is 22.6 Å². The van der Waals surface area contributed by atoms with E-state index in [1.165, 1.54) is 44.7 Å². The Morgan fingerprint density at radius 3 is 1.93 bits per heavy atom. The molecule has 1 aromatic carbocycles. The van der Waals surface area contributed by atoms with Crippen LogP contribution in [-0.4, -0.2) is 13.2 Å². The first-order valence-electron chi connectivity index (χ1n) is 11.0. The van der Waals surface area contributed by atoms with Crippen LogP contribution in [0.5, 0.6) is 11.5 Å². The van der Waals surface area contributed by atoms with Crippen LogP contribution >= 0.6 is 0 Å². The van der Waals surface area contributed by atoms with Crippen molar-refractivity contribution in [3.63, 3.8) is 0 Å². The van der Waals surface area contributed by atoms with Gasteiger partial charge >= 0.3 is 0 Å². The zero-order chi connectivity index (χ0) is 20.8. The minimum Gasteiger partial charge on any atom is -0.491 e. The maximum atomic E-state index is 14.1. The number of benzene rings is 1. The Kier molecular flexibility index (Phi) is 7.91. The lowest BCUT2D eigenvalue weighted by atomic mass is 9.69. The summed E-state index contributed by atoms with van der Waals surface area (Å²) in [5.74, 6) is 0.145. The summed E-state index contributed by atoms with van der Waals surface area (Å²) in [5, 5.41) is 0. The highest BCUT2D eigenvalue weighted by Crippen LogP contribution is 2.42. The summed E-state index contributed by atoms with van der Waals surface area (Å²) in [4.78, 5) is 0. The van der Waals surface area contributed by atoms with Crippen LogP contribution in [0.1, 0.15) is 65.2 Å². The van der Waals surface area contributed by atoms with Gasteiger partial charge in [0.15, 0.2) is 11.5 Å². The molecule has 0 saturated heterocycles. The third kappa shape index (κ3) is 5.93. The van der Waals surface area contributed by atoms with Crippen molar-refractivity contribution in [2.45, 2.75) is 65.2 Å². The van der Waals surface area contributed by atoms with Crippen LogP contribution in [-0.2, 0) is 0 Å². The first kappa shape index (κ1) is 22.0. The predicted octanol–water partition coefficient (Wildman–Crippen LogP) is 7.23. The smallest absolute Gasteiger partial charge is 0.204 e. The lowest BCUT2D eigenvalue weighted by Crippen LogP contribution is -2.27. The van der Waals surface area contributed by atoms with Crippen molar-refractivity contribution in [3.05, 3.63) is 35.7 Å². The Bertz CT molecular complexity index is 684. The number of hydrogen-bond acceptors (Lipinski definition) is 2. The van der Waals surface area contributed by atoms with Gasteiger partial charge in [-0.2, -0.15) is 8.78 Å². The Labute approximate surface area is 172 Å². The molecule has 0 spiro atoms. The van der Waals surface area contributed by atoms with E-state index < -0.39 is 11.6 Å². The molecule has 0 unspecified atom stereocenters. The van der Waals surface area contributed by atoms with Gasteiger partial charge in [0, 0.05) is 0 Å². The predicted molar refractivity (Wildman–Crippen MR) is 109 cm³/mol. The largest absolute Gasteiger partial charge is 0.491 e. The minimum atomic E-state index is -0.985. The van der Waals surface area contributed by atoms with Crippen molar-refractivity contribution in [1.82, 2.24) is 0 Å². The highest BCUT2D eigenvalue weighted by atomic mass is 19.2. The molecular weight excluding hydrogens is 377 g/mol. The van der Waals surface area contributed by atoms with Gasteiger partial charge in [0.1, 0.15) is 0 Å². The van der Waals surface area contributed by atoms with Gasteiger partial charge in [-0.3, -0.25) is 0 Å². The average Bonchev–Trinajstić information content (AvgIpc) is 2.72. The second kappa shape index (κ2) is 10.4. The van der Waals surface area contributed by atoms with Gasteiger partial charge in [0.2, 0.25) is 11.6 Å². The van der Waals surface area contributed by atoms with E-state index in [0.717, 1.165) is 37.5 Å². The number of halogens is 3. The Hall–Kier alpha value is -1.65. The topological polar surface area (TPSA) is 18.5 Å². The van der Waals surface area contributed by atoms with Gasteiger partial charge in [0.05, 0.1) is 19.0 Å². The summed E-state index contributed by atoms with van der Waals surface area (Å²) in [6.45, 7) is 3.97. The van der Waals surface area contributed by atoms with Crippen molar-refractivity contribution in [3.8, 4) is 11.5 Å². The van der Waals surface area contributed by atoms with Gasteiger partial charge in [-0.25, -0.2) is 4.39 Å². The maximum Gasteiger partial charge on any atom is 0.204 e. The fourth-order valence-corrected chi connectivity index (χ4v) is 5.03. The first-order chi connectivity index (χ1) is 14.0. The summed E-state index contributed by atoms with van der Waals surface area (Å²) in [7, 11) is 0. The zero-order valence-corrected chi connectivity index (χ0v) is 17.6. The molecule has 3 rings (SSSR count). The zero-order valence-electron chi connectivity index (χ0n) is 17.6. The van der Waals surface area contributed by atoms with Crippen molar-refractivity contribution in [2.24, 2.45) is 23.7 Å². The number of rotatable bonds is 7. The molecule has 2 nitrogen and oxygen atoms in total. The van der Waals surface area contributed by atoms with E-state index in [1.807, 2.05) is 0 Å². The second-order valence-electron chi connectivity index (χ2n) is 8.64. The molecule has 0 bridgehead atoms. The SMILES string of the molecule is CCOc1ccc(OCC2CCC(C3CCC(C=C(C)F)CC3)CC2)c(F)c1F. The van der Waals surface area contributed by atoms with Crippen LogP contribution in [0.15, 0.2) is 24.0 Å². The van der Waals surface area contributed by atoms with Crippen molar-refractivity contribution in [2.75, 3.05) is 13.2 Å². The Balaban J connectivity index is 1.43. The molecule has 162 valence electrons. The Morgan fingerprint density at radius 1 is 0.897 bits per heavy atom. The van der Waals surface area contributed by atoms with Crippen molar-refractivity contribution in [1.29, 1.82) is 0 Å². The van der Waals surface area contributed by atoms with Crippen LogP contribution in [0.25, 0.3) is 0 Å². The molecule has 1 aromatic rings. The second-order valence-corrected chi connectivity index (χ2v) is 8.64. The van der Waals surface area contributed by atoms with Gasteiger partial charge in [-0.15, -0.1) is 0 Å². The molecule has 2 aliphatic rings. The molecule has 0 N–H and O–H groups in total. The van der Waals surface area contributed by atoms with E-state index in [9.17, 15) is 13.2 Å². The number of ether oxygens (including phenoxy) is 2. The third-order valence-corrected chi connectivity index (χ3v) is 6.63. The van der Waals surface area contributed by atoms with Crippen LogP contribution in [0, 0.1) is 35.3 Å². The van der Waals surface area contributed by atoms with E-state index in [-0.39, 0.29) is 23.9 Å². The molecule has 0 atom stereocenters. The average molecular weight is 411 g/mol. The molecule has 0 amide bonds. The molecule has 29 heavy (non-hydrogen) atoms.